The summed E-state index contributed by atoms with van der Waals surface area (Å²) in [6.07, 6.45) is 4.55. The van der Waals surface area contributed by atoms with Crippen LogP contribution in [0.25, 0.3) is 0 Å². The molecule has 1 aliphatic carbocycles. The molecule has 0 saturated heterocycles. The lowest BCUT2D eigenvalue weighted by Gasteiger charge is -2.36. The third-order valence-electron chi connectivity index (χ3n) is 5.32. The van der Waals surface area contributed by atoms with Gasteiger partial charge in [-0.05, 0) is 60.6 Å². The van der Waals surface area contributed by atoms with Gasteiger partial charge in [0.1, 0.15) is 0 Å². The highest BCUT2D eigenvalue weighted by Gasteiger charge is 2.38. The van der Waals surface area contributed by atoms with Crippen molar-refractivity contribution >= 4 is 17.2 Å². The van der Waals surface area contributed by atoms with Crippen molar-refractivity contribution in [1.29, 1.82) is 0 Å². The van der Waals surface area contributed by atoms with E-state index in [9.17, 15) is 4.79 Å². The summed E-state index contributed by atoms with van der Waals surface area (Å²) in [6, 6.07) is 2.09. The Morgan fingerprint density at radius 3 is 2.73 bits per heavy atom. The third kappa shape index (κ3) is 7.06. The number of amides is 1. The maximum absolute atomic E-state index is 12.7. The van der Waals surface area contributed by atoms with Crippen LogP contribution in [-0.2, 0) is 23.7 Å². The Kier molecular flexibility index (Phi) is 9.61. The lowest BCUT2D eigenvalue weighted by Crippen LogP contribution is -2.39. The van der Waals surface area contributed by atoms with Crippen LogP contribution in [0.2, 0.25) is 0 Å². The Bertz CT molecular complexity index is 661. The molecule has 2 heterocycles. The molecule has 2 N–H and O–H groups in total. The van der Waals surface area contributed by atoms with E-state index in [2.05, 4.69) is 16.8 Å². The van der Waals surface area contributed by atoms with Crippen LogP contribution < -0.4 is 5.32 Å². The first kappa shape index (κ1) is 23.2. The molecule has 0 spiro atoms. The first-order chi connectivity index (χ1) is 14.7. The van der Waals surface area contributed by atoms with E-state index in [-0.39, 0.29) is 24.3 Å². The van der Waals surface area contributed by atoms with E-state index in [1.807, 2.05) is 18.4 Å². The van der Waals surface area contributed by atoms with Gasteiger partial charge < -0.3 is 29.4 Å². The number of carbonyl (C=O) groups is 1. The molecule has 1 saturated carbocycles. The molecule has 1 aromatic rings. The highest BCUT2D eigenvalue weighted by molar-refractivity contribution is 7.08. The van der Waals surface area contributed by atoms with Gasteiger partial charge in [-0.15, -0.1) is 0 Å². The lowest BCUT2D eigenvalue weighted by atomic mass is 9.82. The fraction of sp³-hybridized carbons (Fsp3) is 0.682. The smallest absolute Gasteiger partial charge is 0.286 e. The molecule has 1 amide bonds. The molecule has 1 aromatic heterocycles. The second kappa shape index (κ2) is 12.4. The van der Waals surface area contributed by atoms with Crippen molar-refractivity contribution in [1.82, 2.24) is 5.32 Å². The minimum absolute atomic E-state index is 0.0146. The van der Waals surface area contributed by atoms with E-state index in [4.69, 9.17) is 24.1 Å². The van der Waals surface area contributed by atoms with Crippen molar-refractivity contribution in [3.05, 3.63) is 34.2 Å². The Labute approximate surface area is 182 Å². The first-order valence-electron chi connectivity index (χ1n) is 10.8. The number of aliphatic hydroxyl groups excluding tert-OH is 1. The Morgan fingerprint density at radius 2 is 2.07 bits per heavy atom. The van der Waals surface area contributed by atoms with Gasteiger partial charge in [-0.25, -0.2) is 0 Å². The van der Waals surface area contributed by atoms with Gasteiger partial charge in [-0.1, -0.05) is 0 Å². The van der Waals surface area contributed by atoms with Gasteiger partial charge in [0.05, 0.1) is 26.4 Å². The highest BCUT2D eigenvalue weighted by Crippen LogP contribution is 2.39. The molecule has 0 bridgehead atoms. The monoisotopic (exact) mass is 439 g/mol. The zero-order valence-electron chi connectivity index (χ0n) is 17.6. The van der Waals surface area contributed by atoms with Crippen LogP contribution in [0, 0.1) is 11.8 Å². The highest BCUT2D eigenvalue weighted by atomic mass is 32.1. The van der Waals surface area contributed by atoms with E-state index in [0.29, 0.717) is 51.3 Å². The maximum atomic E-state index is 12.7. The molecule has 0 radical (unpaired) electrons. The number of thiophene rings is 1. The topological polar surface area (TPSA) is 86.3 Å². The number of aliphatic hydroxyl groups is 1. The SMILES string of the molecule is CCO[C@H]1OC(C(=O)NCC2CC2)=C[C@@H](c2ccsc2)[C@H]1CCOCCOCCO. The lowest BCUT2D eigenvalue weighted by molar-refractivity contribution is -0.168. The molecule has 8 heteroatoms. The number of carbonyl (C=O) groups excluding carboxylic acids is 1. The number of rotatable bonds is 14. The van der Waals surface area contributed by atoms with Crippen molar-refractivity contribution < 1.29 is 28.8 Å². The van der Waals surface area contributed by atoms with Crippen molar-refractivity contribution in [2.24, 2.45) is 11.8 Å². The Hall–Kier alpha value is -1.45. The summed E-state index contributed by atoms with van der Waals surface area (Å²) in [6.45, 7) is 4.94. The fourth-order valence-electron chi connectivity index (χ4n) is 3.53. The summed E-state index contributed by atoms with van der Waals surface area (Å²) < 4.78 is 22.8. The first-order valence-corrected chi connectivity index (χ1v) is 11.7. The van der Waals surface area contributed by atoms with Gasteiger partial charge in [0.25, 0.3) is 5.91 Å². The Morgan fingerprint density at radius 1 is 1.27 bits per heavy atom. The van der Waals surface area contributed by atoms with Crippen LogP contribution in [0.4, 0.5) is 0 Å². The molecule has 168 valence electrons. The normalized spacial score (nSPS) is 23.7. The molecule has 1 aliphatic heterocycles. The van der Waals surface area contributed by atoms with Gasteiger partial charge in [0.2, 0.25) is 6.29 Å². The summed E-state index contributed by atoms with van der Waals surface area (Å²) in [5.41, 5.74) is 1.16. The second-order valence-electron chi connectivity index (χ2n) is 7.61. The van der Waals surface area contributed by atoms with Crippen LogP contribution in [0.3, 0.4) is 0 Å². The van der Waals surface area contributed by atoms with Crippen molar-refractivity contribution in [2.45, 2.75) is 38.4 Å². The zero-order chi connectivity index (χ0) is 21.2. The van der Waals surface area contributed by atoms with Gasteiger partial charge in [0, 0.05) is 31.6 Å². The second-order valence-corrected chi connectivity index (χ2v) is 8.39. The molecule has 0 unspecified atom stereocenters. The summed E-state index contributed by atoms with van der Waals surface area (Å²) in [4.78, 5) is 12.7. The van der Waals surface area contributed by atoms with Crippen molar-refractivity contribution in [3.8, 4) is 0 Å². The molecule has 7 nitrogen and oxygen atoms in total. The summed E-state index contributed by atoms with van der Waals surface area (Å²) in [5, 5.41) is 15.9. The molecule has 30 heavy (non-hydrogen) atoms. The number of allylic oxidation sites excluding steroid dienone is 1. The Balaban J connectivity index is 1.64. The average molecular weight is 440 g/mol. The molecule has 3 rings (SSSR count). The predicted octanol–water partition coefficient (Wildman–Crippen LogP) is 2.67. The van der Waals surface area contributed by atoms with Crippen LogP contribution in [0.1, 0.15) is 37.7 Å². The van der Waals surface area contributed by atoms with Gasteiger partial charge >= 0.3 is 0 Å². The van der Waals surface area contributed by atoms with Crippen LogP contribution in [-0.4, -0.2) is 63.5 Å². The van der Waals surface area contributed by atoms with Gasteiger partial charge in [0.15, 0.2) is 5.76 Å². The largest absolute Gasteiger partial charge is 0.459 e. The van der Waals surface area contributed by atoms with E-state index in [1.165, 1.54) is 12.8 Å². The van der Waals surface area contributed by atoms with Crippen molar-refractivity contribution in [3.63, 3.8) is 0 Å². The van der Waals surface area contributed by atoms with E-state index in [0.717, 1.165) is 12.0 Å². The maximum Gasteiger partial charge on any atom is 0.286 e. The molecular formula is C22H33NO6S. The predicted molar refractivity (Wildman–Crippen MR) is 114 cm³/mol. The zero-order valence-corrected chi connectivity index (χ0v) is 18.4. The molecular weight excluding hydrogens is 406 g/mol. The minimum atomic E-state index is -0.499. The van der Waals surface area contributed by atoms with Gasteiger partial charge in [-0.2, -0.15) is 11.3 Å². The van der Waals surface area contributed by atoms with E-state index in [1.54, 1.807) is 11.3 Å². The number of hydrogen-bond donors (Lipinski definition) is 2. The molecule has 1 fully saturated rings. The van der Waals surface area contributed by atoms with E-state index >= 15 is 0 Å². The third-order valence-corrected chi connectivity index (χ3v) is 6.02. The molecule has 2 aliphatic rings. The van der Waals surface area contributed by atoms with Crippen molar-refractivity contribution in [2.75, 3.05) is 46.2 Å². The van der Waals surface area contributed by atoms with E-state index < -0.39 is 6.29 Å². The number of hydrogen-bond acceptors (Lipinski definition) is 7. The van der Waals surface area contributed by atoms with Gasteiger partial charge in [-0.3, -0.25) is 4.79 Å². The minimum Gasteiger partial charge on any atom is -0.459 e. The molecule has 3 atom stereocenters. The van der Waals surface area contributed by atoms with Crippen LogP contribution in [0.5, 0.6) is 0 Å². The molecule has 0 aromatic carbocycles. The summed E-state index contributed by atoms with van der Waals surface area (Å²) >= 11 is 1.64. The number of ether oxygens (including phenoxy) is 4. The van der Waals surface area contributed by atoms with Crippen LogP contribution >= 0.6 is 11.3 Å². The van der Waals surface area contributed by atoms with Crippen LogP contribution in [0.15, 0.2) is 28.7 Å². The quantitative estimate of drug-likeness (QED) is 0.434. The fourth-order valence-corrected chi connectivity index (χ4v) is 4.24. The standard InChI is InChI=1S/C22H33NO6S/c1-2-28-22-18(5-8-26-10-11-27-9-7-24)19(17-6-12-30-15-17)13-20(29-22)21(25)23-14-16-3-4-16/h6,12-13,15-16,18-19,22,24H,2-5,7-11,14H2,1H3,(H,23,25)/t18-,19+,22+/m1/s1. The average Bonchev–Trinajstić information content (AvgIpc) is 3.43. The number of nitrogens with one attached hydrogen (secondary N) is 1. The summed E-state index contributed by atoms with van der Waals surface area (Å²) in [5.74, 6) is 0.859. The summed E-state index contributed by atoms with van der Waals surface area (Å²) in [7, 11) is 0.